The number of carbonyl (C=O) groups excluding carboxylic acids is 1. The maximum absolute atomic E-state index is 14.1. The predicted molar refractivity (Wildman–Crippen MR) is 147 cm³/mol. The van der Waals surface area contributed by atoms with Crippen LogP contribution in [0.1, 0.15) is 35.2 Å². The molecule has 0 bridgehead atoms. The van der Waals surface area contributed by atoms with Crippen LogP contribution < -0.4 is 10.5 Å². The molecule has 4 rings (SSSR count). The Morgan fingerprint density at radius 1 is 1.30 bits per heavy atom. The molecule has 0 unspecified atom stereocenters. The molecule has 1 atom stereocenters. The van der Waals surface area contributed by atoms with E-state index in [2.05, 4.69) is 4.98 Å². The standard InChI is InChI=1S/C26H27Cl2FN4O3S/c1-5-33(9-8-32(3)4)26(34)20-10-15(13-37-20)17-12-35-23-16(17)11-31-25(30)24(23)36-14(2)21-18(27)6-7-19(29)22(21)28/h6-7,10-14H,5,8-9H2,1-4H3,(H2,30,31)/t14-/m1/s1. The van der Waals surface area contributed by atoms with Crippen molar-refractivity contribution in [2.24, 2.45) is 0 Å². The Morgan fingerprint density at radius 3 is 2.76 bits per heavy atom. The first-order chi connectivity index (χ1) is 17.6. The van der Waals surface area contributed by atoms with Crippen LogP contribution in [0.25, 0.3) is 22.1 Å². The lowest BCUT2D eigenvalue weighted by molar-refractivity contribution is 0.0759. The van der Waals surface area contributed by atoms with E-state index in [4.69, 9.17) is 38.1 Å². The first-order valence-corrected chi connectivity index (χ1v) is 13.2. The molecule has 0 aliphatic heterocycles. The first kappa shape index (κ1) is 27.2. The van der Waals surface area contributed by atoms with Crippen LogP contribution in [0.5, 0.6) is 5.75 Å². The fourth-order valence-electron chi connectivity index (χ4n) is 3.94. The lowest BCUT2D eigenvalue weighted by atomic mass is 10.1. The molecule has 0 aliphatic carbocycles. The fourth-order valence-corrected chi connectivity index (χ4v) is 5.49. The second-order valence-corrected chi connectivity index (χ2v) is 10.5. The van der Waals surface area contributed by atoms with Gasteiger partial charge in [-0.2, -0.15) is 0 Å². The topological polar surface area (TPSA) is 84.8 Å². The fraction of sp³-hybridized carbons (Fsp3) is 0.308. The number of benzene rings is 1. The van der Waals surface area contributed by atoms with E-state index in [1.54, 1.807) is 19.4 Å². The number of likely N-dealkylation sites (N-methyl/N-ethyl adjacent to an activating group) is 2. The van der Waals surface area contributed by atoms with Crippen molar-refractivity contribution < 1.29 is 18.3 Å². The van der Waals surface area contributed by atoms with E-state index in [9.17, 15) is 9.18 Å². The molecule has 0 spiro atoms. The molecule has 0 saturated carbocycles. The maximum atomic E-state index is 14.1. The number of pyridine rings is 1. The van der Waals surface area contributed by atoms with Gasteiger partial charge in [0.25, 0.3) is 5.91 Å². The van der Waals surface area contributed by atoms with Gasteiger partial charge in [0.15, 0.2) is 11.4 Å². The average Bonchev–Trinajstić information content (AvgIpc) is 3.51. The van der Waals surface area contributed by atoms with Gasteiger partial charge in [-0.15, -0.1) is 11.3 Å². The minimum Gasteiger partial charge on any atom is -0.478 e. The molecule has 0 radical (unpaired) electrons. The van der Waals surface area contributed by atoms with Crippen molar-refractivity contribution in [3.05, 3.63) is 62.3 Å². The summed E-state index contributed by atoms with van der Waals surface area (Å²) in [6.07, 6.45) is 2.43. The van der Waals surface area contributed by atoms with Crippen molar-refractivity contribution in [2.75, 3.05) is 39.5 Å². The first-order valence-electron chi connectivity index (χ1n) is 11.6. The van der Waals surface area contributed by atoms with Gasteiger partial charge < -0.3 is 24.7 Å². The second kappa shape index (κ2) is 11.3. The maximum Gasteiger partial charge on any atom is 0.263 e. The average molecular weight is 565 g/mol. The van der Waals surface area contributed by atoms with Crippen LogP contribution in [0.15, 0.2) is 40.5 Å². The number of hydrogen-bond acceptors (Lipinski definition) is 7. The van der Waals surface area contributed by atoms with Crippen molar-refractivity contribution in [2.45, 2.75) is 20.0 Å². The highest BCUT2D eigenvalue weighted by Gasteiger charge is 2.24. The number of nitrogens with zero attached hydrogens (tertiary/aromatic N) is 3. The van der Waals surface area contributed by atoms with Gasteiger partial charge in [-0.1, -0.05) is 23.2 Å². The normalized spacial score (nSPS) is 12.3. The smallest absolute Gasteiger partial charge is 0.263 e. The monoisotopic (exact) mass is 564 g/mol. The quantitative estimate of drug-likeness (QED) is 0.226. The molecule has 0 saturated heterocycles. The summed E-state index contributed by atoms with van der Waals surface area (Å²) in [5.74, 6) is -0.325. The molecule has 4 aromatic rings. The highest BCUT2D eigenvalue weighted by Crippen LogP contribution is 2.42. The number of halogens is 3. The summed E-state index contributed by atoms with van der Waals surface area (Å²) < 4.78 is 26.0. The highest BCUT2D eigenvalue weighted by atomic mass is 35.5. The van der Waals surface area contributed by atoms with E-state index in [1.165, 1.54) is 23.5 Å². The SMILES string of the molecule is CCN(CCN(C)C)C(=O)c1cc(-c2coc3c(O[C@H](C)c4c(Cl)ccc(F)c4Cl)c(N)ncc23)cs1. The minimum atomic E-state index is -0.744. The third-order valence-electron chi connectivity index (χ3n) is 5.99. The zero-order valence-electron chi connectivity index (χ0n) is 20.8. The van der Waals surface area contributed by atoms with Gasteiger partial charge in [0.1, 0.15) is 11.9 Å². The summed E-state index contributed by atoms with van der Waals surface area (Å²) in [6.45, 7) is 5.70. The Kier molecular flexibility index (Phi) is 8.28. The van der Waals surface area contributed by atoms with Crippen LogP contribution in [-0.4, -0.2) is 54.4 Å². The number of nitrogens with two attached hydrogens (primary N) is 1. The number of thiophene rings is 1. The number of anilines is 1. The number of nitrogen functional groups attached to an aromatic ring is 1. The summed E-state index contributed by atoms with van der Waals surface area (Å²) in [5.41, 5.74) is 8.35. The summed E-state index contributed by atoms with van der Waals surface area (Å²) in [7, 11) is 3.96. The van der Waals surface area contributed by atoms with Gasteiger partial charge in [0.05, 0.1) is 21.5 Å². The van der Waals surface area contributed by atoms with Crippen LogP contribution in [-0.2, 0) is 0 Å². The molecule has 1 amide bonds. The van der Waals surface area contributed by atoms with Crippen molar-refractivity contribution in [3.8, 4) is 16.9 Å². The van der Waals surface area contributed by atoms with Crippen molar-refractivity contribution in [1.82, 2.24) is 14.8 Å². The van der Waals surface area contributed by atoms with E-state index in [-0.39, 0.29) is 27.5 Å². The van der Waals surface area contributed by atoms with Crippen molar-refractivity contribution >= 4 is 57.2 Å². The molecule has 7 nitrogen and oxygen atoms in total. The number of furan rings is 1. The van der Waals surface area contributed by atoms with Crippen molar-refractivity contribution in [3.63, 3.8) is 0 Å². The van der Waals surface area contributed by atoms with E-state index in [0.29, 0.717) is 34.5 Å². The van der Waals surface area contributed by atoms with Gasteiger partial charge in [0, 0.05) is 42.0 Å². The summed E-state index contributed by atoms with van der Waals surface area (Å²) >= 11 is 13.8. The second-order valence-electron chi connectivity index (χ2n) is 8.77. The molecule has 37 heavy (non-hydrogen) atoms. The Bertz CT molecular complexity index is 1440. The van der Waals surface area contributed by atoms with Crippen LogP contribution >= 0.6 is 34.5 Å². The van der Waals surface area contributed by atoms with E-state index in [1.807, 2.05) is 42.3 Å². The molecule has 0 fully saturated rings. The number of aromatic nitrogens is 1. The lowest BCUT2D eigenvalue weighted by Crippen LogP contribution is -2.36. The highest BCUT2D eigenvalue weighted by molar-refractivity contribution is 7.12. The van der Waals surface area contributed by atoms with Crippen LogP contribution in [0, 0.1) is 5.82 Å². The number of amides is 1. The summed E-state index contributed by atoms with van der Waals surface area (Å²) in [5, 5.41) is 2.70. The van der Waals surface area contributed by atoms with Crippen LogP contribution in [0.3, 0.4) is 0 Å². The molecule has 196 valence electrons. The largest absolute Gasteiger partial charge is 0.478 e. The minimum absolute atomic E-state index is 0.0162. The third-order valence-corrected chi connectivity index (χ3v) is 7.62. The number of ether oxygens (including phenoxy) is 1. The third kappa shape index (κ3) is 5.55. The van der Waals surface area contributed by atoms with Gasteiger partial charge in [-0.3, -0.25) is 4.79 Å². The number of rotatable bonds is 9. The molecule has 11 heteroatoms. The van der Waals surface area contributed by atoms with Gasteiger partial charge >= 0.3 is 0 Å². The molecular formula is C26H27Cl2FN4O3S. The van der Waals surface area contributed by atoms with Gasteiger partial charge in [0.2, 0.25) is 5.75 Å². The summed E-state index contributed by atoms with van der Waals surface area (Å²) in [6, 6.07) is 4.46. The van der Waals surface area contributed by atoms with E-state index < -0.39 is 11.9 Å². The Morgan fingerprint density at radius 2 is 2.05 bits per heavy atom. The molecule has 2 N–H and O–H groups in total. The van der Waals surface area contributed by atoms with Gasteiger partial charge in [-0.25, -0.2) is 9.37 Å². The number of hydrogen-bond donors (Lipinski definition) is 1. The van der Waals surface area contributed by atoms with E-state index >= 15 is 0 Å². The molecule has 0 aliphatic rings. The molecule has 3 heterocycles. The summed E-state index contributed by atoms with van der Waals surface area (Å²) in [4.78, 5) is 21.8. The zero-order valence-corrected chi connectivity index (χ0v) is 23.2. The number of carbonyl (C=O) groups is 1. The molecule has 3 aromatic heterocycles. The Labute approximate surface area is 228 Å². The zero-order chi connectivity index (χ0) is 26.9. The Hall–Kier alpha value is -2.85. The number of fused-ring (bicyclic) bond motifs is 1. The van der Waals surface area contributed by atoms with Gasteiger partial charge in [-0.05, 0) is 57.1 Å². The van der Waals surface area contributed by atoms with Crippen LogP contribution in [0.4, 0.5) is 10.2 Å². The molecular weight excluding hydrogens is 538 g/mol. The molecule has 1 aromatic carbocycles. The predicted octanol–water partition coefficient (Wildman–Crippen LogP) is 6.75. The van der Waals surface area contributed by atoms with Crippen molar-refractivity contribution in [1.29, 1.82) is 0 Å². The Balaban J connectivity index is 1.64. The lowest BCUT2D eigenvalue weighted by Gasteiger charge is -2.22. The van der Waals surface area contributed by atoms with Crippen LogP contribution in [0.2, 0.25) is 10.0 Å². The van der Waals surface area contributed by atoms with E-state index in [0.717, 1.165) is 17.7 Å².